The molecule has 2 N–H and O–H groups in total. The number of methoxy groups -OCH3 is 1. The predicted molar refractivity (Wildman–Crippen MR) is 99.8 cm³/mol. The zero-order chi connectivity index (χ0) is 17.8. The van der Waals surface area contributed by atoms with Gasteiger partial charge in [0.15, 0.2) is 5.13 Å². The summed E-state index contributed by atoms with van der Waals surface area (Å²) in [5.74, 6) is 0.992. The molecule has 2 heterocycles. The zero-order valence-electron chi connectivity index (χ0n) is 14.7. The van der Waals surface area contributed by atoms with Crippen LogP contribution in [0.3, 0.4) is 0 Å². The Labute approximate surface area is 152 Å². The molecule has 0 aliphatic carbocycles. The molecule has 0 bridgehead atoms. The minimum atomic E-state index is 0.183. The maximum Gasteiger partial charge on any atom is 0.227 e. The van der Waals surface area contributed by atoms with Gasteiger partial charge in [0.05, 0.1) is 19.2 Å². The Kier molecular flexibility index (Phi) is 5.55. The minimum Gasteiger partial charge on any atom is -0.497 e. The van der Waals surface area contributed by atoms with E-state index in [2.05, 4.69) is 9.88 Å². The largest absolute Gasteiger partial charge is 0.497 e. The summed E-state index contributed by atoms with van der Waals surface area (Å²) < 4.78 is 5.15. The number of hydrogen-bond acceptors (Lipinski definition) is 6. The van der Waals surface area contributed by atoms with Crippen LogP contribution in [0.15, 0.2) is 24.3 Å². The Morgan fingerprint density at radius 3 is 2.48 bits per heavy atom. The van der Waals surface area contributed by atoms with Gasteiger partial charge in [0, 0.05) is 37.6 Å². The Morgan fingerprint density at radius 1 is 1.24 bits per heavy atom. The van der Waals surface area contributed by atoms with Gasteiger partial charge in [-0.1, -0.05) is 12.1 Å². The number of nitrogens with zero attached hydrogens (tertiary/aromatic N) is 3. The molecule has 0 atom stereocenters. The molecule has 7 heteroatoms. The topological polar surface area (TPSA) is 71.7 Å². The number of hydrogen-bond donors (Lipinski definition) is 1. The first-order valence-electron chi connectivity index (χ1n) is 8.40. The first kappa shape index (κ1) is 17.7. The molecular weight excluding hydrogens is 336 g/mol. The smallest absolute Gasteiger partial charge is 0.227 e. The number of anilines is 1. The van der Waals surface area contributed by atoms with Crippen LogP contribution in [0, 0.1) is 6.92 Å². The van der Waals surface area contributed by atoms with Crippen molar-refractivity contribution in [2.24, 2.45) is 0 Å². The second kappa shape index (κ2) is 7.84. The van der Waals surface area contributed by atoms with E-state index in [0.29, 0.717) is 11.6 Å². The van der Waals surface area contributed by atoms with Gasteiger partial charge in [-0.15, -0.1) is 11.3 Å². The van der Waals surface area contributed by atoms with Crippen LogP contribution < -0.4 is 10.5 Å². The lowest BCUT2D eigenvalue weighted by Gasteiger charge is -2.34. The summed E-state index contributed by atoms with van der Waals surface area (Å²) >= 11 is 1.55. The fourth-order valence-corrected chi connectivity index (χ4v) is 3.86. The lowest BCUT2D eigenvalue weighted by molar-refractivity contribution is -0.132. The van der Waals surface area contributed by atoms with Crippen molar-refractivity contribution in [1.82, 2.24) is 14.8 Å². The molecule has 1 saturated heterocycles. The highest BCUT2D eigenvalue weighted by Gasteiger charge is 2.22. The van der Waals surface area contributed by atoms with E-state index >= 15 is 0 Å². The molecule has 134 valence electrons. The summed E-state index contributed by atoms with van der Waals surface area (Å²) in [4.78, 5) is 22.3. The summed E-state index contributed by atoms with van der Waals surface area (Å²) in [6.45, 7) is 6.15. The van der Waals surface area contributed by atoms with Gasteiger partial charge in [0.1, 0.15) is 5.75 Å². The molecule has 0 unspecified atom stereocenters. The minimum absolute atomic E-state index is 0.183. The molecule has 1 amide bonds. The first-order chi connectivity index (χ1) is 12.0. The van der Waals surface area contributed by atoms with E-state index in [0.717, 1.165) is 49.7 Å². The SMILES string of the molecule is COc1ccc(CC(=O)N2CCN(Cc3sc(N)nc3C)CC2)cc1. The van der Waals surface area contributed by atoms with E-state index in [9.17, 15) is 4.79 Å². The lowest BCUT2D eigenvalue weighted by atomic mass is 10.1. The second-order valence-electron chi connectivity index (χ2n) is 6.24. The average molecular weight is 360 g/mol. The summed E-state index contributed by atoms with van der Waals surface area (Å²) in [6, 6.07) is 7.68. The molecule has 0 saturated carbocycles. The van der Waals surface area contributed by atoms with Crippen molar-refractivity contribution in [1.29, 1.82) is 0 Å². The van der Waals surface area contributed by atoms with Crippen LogP contribution in [-0.2, 0) is 17.8 Å². The Morgan fingerprint density at radius 2 is 1.92 bits per heavy atom. The van der Waals surface area contributed by atoms with Gasteiger partial charge in [0.2, 0.25) is 5.91 Å². The number of thiazole rings is 1. The van der Waals surface area contributed by atoms with Crippen molar-refractivity contribution < 1.29 is 9.53 Å². The summed E-state index contributed by atoms with van der Waals surface area (Å²) in [5, 5.41) is 0.626. The Hall–Kier alpha value is -2.12. The molecule has 25 heavy (non-hydrogen) atoms. The first-order valence-corrected chi connectivity index (χ1v) is 9.21. The van der Waals surface area contributed by atoms with Crippen molar-refractivity contribution in [2.75, 3.05) is 39.0 Å². The van der Waals surface area contributed by atoms with Gasteiger partial charge in [-0.3, -0.25) is 9.69 Å². The number of benzene rings is 1. The number of aryl methyl sites for hydroxylation is 1. The van der Waals surface area contributed by atoms with Gasteiger partial charge >= 0.3 is 0 Å². The Balaban J connectivity index is 1.49. The third-order valence-electron chi connectivity index (χ3n) is 4.52. The molecule has 3 rings (SSSR count). The average Bonchev–Trinajstić information content (AvgIpc) is 2.93. The molecule has 1 aromatic carbocycles. The van der Waals surface area contributed by atoms with Crippen LogP contribution in [0.1, 0.15) is 16.1 Å². The molecule has 1 aliphatic rings. The number of piperazine rings is 1. The number of nitrogens with two attached hydrogens (primary N) is 1. The normalized spacial score (nSPS) is 15.4. The highest BCUT2D eigenvalue weighted by molar-refractivity contribution is 7.15. The van der Waals surface area contributed by atoms with E-state index in [1.807, 2.05) is 36.1 Å². The van der Waals surface area contributed by atoms with Gasteiger partial charge in [-0.25, -0.2) is 4.98 Å². The lowest BCUT2D eigenvalue weighted by Crippen LogP contribution is -2.48. The van der Waals surface area contributed by atoms with Gasteiger partial charge in [-0.2, -0.15) is 0 Å². The van der Waals surface area contributed by atoms with E-state index in [-0.39, 0.29) is 5.91 Å². The molecule has 1 aromatic heterocycles. The highest BCUT2D eigenvalue weighted by atomic mass is 32.1. The van der Waals surface area contributed by atoms with Crippen LogP contribution in [0.4, 0.5) is 5.13 Å². The van der Waals surface area contributed by atoms with Crippen LogP contribution in [-0.4, -0.2) is 54.0 Å². The summed E-state index contributed by atoms with van der Waals surface area (Å²) in [5.41, 5.74) is 7.80. The van der Waals surface area contributed by atoms with Crippen molar-refractivity contribution in [3.8, 4) is 5.75 Å². The molecule has 1 fully saturated rings. The zero-order valence-corrected chi connectivity index (χ0v) is 15.5. The quantitative estimate of drug-likeness (QED) is 0.882. The van der Waals surface area contributed by atoms with Crippen LogP contribution >= 0.6 is 11.3 Å². The fourth-order valence-electron chi connectivity index (χ4n) is 2.99. The standard InChI is InChI=1S/C18H24N4O2S/c1-13-16(25-18(19)20-13)12-21-7-9-22(10-8-21)17(23)11-14-3-5-15(24-2)6-4-14/h3-6H,7-12H2,1-2H3,(H2,19,20). The maximum atomic E-state index is 12.5. The third-order valence-corrected chi connectivity index (χ3v) is 5.49. The number of ether oxygens (including phenoxy) is 1. The summed E-state index contributed by atoms with van der Waals surface area (Å²) in [6.07, 6.45) is 0.439. The maximum absolute atomic E-state index is 12.5. The van der Waals surface area contributed by atoms with Crippen molar-refractivity contribution in [2.45, 2.75) is 19.9 Å². The fraction of sp³-hybridized carbons (Fsp3) is 0.444. The predicted octanol–water partition coefficient (Wildman–Crippen LogP) is 1.93. The van der Waals surface area contributed by atoms with Crippen LogP contribution in [0.5, 0.6) is 5.75 Å². The molecule has 6 nitrogen and oxygen atoms in total. The molecule has 1 aliphatic heterocycles. The second-order valence-corrected chi connectivity index (χ2v) is 7.36. The summed E-state index contributed by atoms with van der Waals surface area (Å²) in [7, 11) is 1.64. The number of nitrogen functional groups attached to an aromatic ring is 1. The van der Waals surface area contributed by atoms with Crippen molar-refractivity contribution in [3.05, 3.63) is 40.4 Å². The molecule has 0 spiro atoms. The number of rotatable bonds is 5. The van der Waals surface area contributed by atoms with Crippen LogP contribution in [0.25, 0.3) is 0 Å². The monoisotopic (exact) mass is 360 g/mol. The van der Waals surface area contributed by atoms with E-state index in [4.69, 9.17) is 10.5 Å². The van der Waals surface area contributed by atoms with Crippen LogP contribution in [0.2, 0.25) is 0 Å². The van der Waals surface area contributed by atoms with Crippen molar-refractivity contribution >= 4 is 22.4 Å². The Bertz CT molecular complexity index is 721. The van der Waals surface area contributed by atoms with Gasteiger partial charge < -0.3 is 15.4 Å². The number of carbonyl (C=O) groups is 1. The van der Waals surface area contributed by atoms with E-state index < -0.39 is 0 Å². The highest BCUT2D eigenvalue weighted by Crippen LogP contribution is 2.22. The number of carbonyl (C=O) groups excluding carboxylic acids is 1. The van der Waals surface area contributed by atoms with Gasteiger partial charge in [0.25, 0.3) is 0 Å². The van der Waals surface area contributed by atoms with Crippen molar-refractivity contribution in [3.63, 3.8) is 0 Å². The molecular formula is C18H24N4O2S. The number of aromatic nitrogens is 1. The number of amides is 1. The third kappa shape index (κ3) is 4.49. The van der Waals surface area contributed by atoms with E-state index in [1.54, 1.807) is 18.4 Å². The van der Waals surface area contributed by atoms with Gasteiger partial charge in [-0.05, 0) is 24.6 Å². The molecule has 2 aromatic rings. The molecule has 0 radical (unpaired) electrons. The van der Waals surface area contributed by atoms with E-state index in [1.165, 1.54) is 4.88 Å².